The first-order valence-electron chi connectivity index (χ1n) is 11.8. The van der Waals surface area contributed by atoms with E-state index in [-0.39, 0.29) is 78.0 Å². The second-order valence-electron chi connectivity index (χ2n) is 8.44. The molecule has 0 aromatic heterocycles. The van der Waals surface area contributed by atoms with Gasteiger partial charge in [0.15, 0.2) is 0 Å². The van der Waals surface area contributed by atoms with E-state index >= 15 is 0 Å². The minimum atomic E-state index is -1.96. The number of hydrogen-bond donors (Lipinski definition) is 4. The number of phenolic OH excluding ortho intramolecular Hbond substituents is 4. The fraction of sp³-hybridized carbons (Fsp3) is 0.143. The number of aromatic hydroxyl groups is 4. The van der Waals surface area contributed by atoms with Gasteiger partial charge in [0.1, 0.15) is 55.8 Å². The summed E-state index contributed by atoms with van der Waals surface area (Å²) in [4.78, 5) is 1.00. The molecule has 0 amide bonds. The molecule has 4 aromatic carbocycles. The van der Waals surface area contributed by atoms with Crippen LogP contribution < -0.4 is 18.9 Å². The molecular formula is C28H24O9S4. The van der Waals surface area contributed by atoms with E-state index in [1.165, 1.54) is 46.6 Å². The summed E-state index contributed by atoms with van der Waals surface area (Å²) in [7, 11) is 6.81. The molecule has 1 aliphatic heterocycles. The zero-order valence-corrected chi connectivity index (χ0v) is 25.3. The first-order chi connectivity index (χ1) is 19.7. The molecule has 1 heterocycles. The molecule has 214 valence electrons. The molecule has 9 nitrogen and oxygen atoms in total. The molecule has 4 aromatic rings. The van der Waals surface area contributed by atoms with Gasteiger partial charge in [0.25, 0.3) is 0 Å². The van der Waals surface area contributed by atoms with E-state index < -0.39 is 9.83 Å². The molecule has 1 unspecified atom stereocenters. The molecule has 5 rings (SSSR count). The Kier molecular flexibility index (Phi) is 8.32. The summed E-state index contributed by atoms with van der Waals surface area (Å²) >= 11 is 0. The Morgan fingerprint density at radius 2 is 0.854 bits per heavy atom. The van der Waals surface area contributed by atoms with Crippen molar-refractivity contribution in [3.63, 3.8) is 0 Å². The highest BCUT2D eigenvalue weighted by Gasteiger charge is 2.29. The van der Waals surface area contributed by atoms with Crippen LogP contribution in [0.3, 0.4) is 0 Å². The molecule has 0 fully saturated rings. The Bertz CT molecular complexity index is 1680. The molecule has 1 atom stereocenters. The number of hydrogen-bond acceptors (Lipinski definition) is 12. The monoisotopic (exact) mass is 632 g/mol. The van der Waals surface area contributed by atoms with E-state index in [2.05, 4.69) is 0 Å². The van der Waals surface area contributed by atoms with Crippen molar-refractivity contribution in [1.82, 2.24) is 0 Å². The average Bonchev–Trinajstić information content (AvgIpc) is 2.97. The molecule has 0 aliphatic carbocycles. The lowest BCUT2D eigenvalue weighted by Gasteiger charge is -2.20. The van der Waals surface area contributed by atoms with Crippen LogP contribution in [0.2, 0.25) is 0 Å². The lowest BCUT2D eigenvalue weighted by Crippen LogP contribution is -1.98. The fourth-order valence-electron chi connectivity index (χ4n) is 4.41. The van der Waals surface area contributed by atoms with Gasteiger partial charge < -0.3 is 39.4 Å². The summed E-state index contributed by atoms with van der Waals surface area (Å²) in [6.07, 6.45) is 0. The maximum atomic E-state index is 13.7. The average molecular weight is 633 g/mol. The number of methoxy groups -OCH3 is 4. The molecule has 0 saturated carbocycles. The highest BCUT2D eigenvalue weighted by molar-refractivity contribution is 8.76. The fourth-order valence-corrected chi connectivity index (χ4v) is 9.11. The molecule has 4 N–H and O–H groups in total. The third-order valence-corrected chi connectivity index (χ3v) is 11.7. The molecule has 0 saturated heterocycles. The van der Waals surface area contributed by atoms with Crippen LogP contribution in [-0.4, -0.2) is 53.1 Å². The Labute approximate surface area is 249 Å². The van der Waals surface area contributed by atoms with Crippen LogP contribution in [0, 0.1) is 0 Å². The first kappa shape index (κ1) is 29.0. The third-order valence-electron chi connectivity index (χ3n) is 6.36. The van der Waals surface area contributed by atoms with Gasteiger partial charge in [0, 0.05) is 0 Å². The smallest absolute Gasteiger partial charge is 0.144 e. The standard InChI is InChI=1S/C28H24O9S4/c1-34-13-5-9-17-25(29)21(13)22-15(36-3)7-11-19(27(22)31)40-41(33)20-12-8-16(37-4)24(28(20)32)23-14(35-2)6-10-18(26(23)30)39-38-17/h5-12,29-32H,1-4H3. The highest BCUT2D eigenvalue weighted by atomic mass is 33.1. The molecular weight excluding hydrogens is 609 g/mol. The normalized spacial score (nSPS) is 14.3. The first-order valence-corrected chi connectivity index (χ1v) is 16.4. The Hall–Kier alpha value is -3.52. The van der Waals surface area contributed by atoms with Gasteiger partial charge in [-0.15, -0.1) is 0 Å². The van der Waals surface area contributed by atoms with Crippen LogP contribution in [0.25, 0.3) is 22.3 Å². The van der Waals surface area contributed by atoms with Gasteiger partial charge in [-0.2, -0.15) is 0 Å². The van der Waals surface area contributed by atoms with Crippen LogP contribution >= 0.6 is 32.4 Å². The van der Waals surface area contributed by atoms with E-state index in [0.717, 1.165) is 32.4 Å². The van der Waals surface area contributed by atoms with Crippen molar-refractivity contribution in [2.75, 3.05) is 28.4 Å². The predicted octanol–water partition coefficient (Wildman–Crippen LogP) is 6.81. The van der Waals surface area contributed by atoms with Crippen LogP contribution in [-0.2, 0) is 9.83 Å². The van der Waals surface area contributed by atoms with E-state index in [4.69, 9.17) is 18.9 Å². The van der Waals surface area contributed by atoms with Gasteiger partial charge in [-0.1, -0.05) is 0 Å². The summed E-state index contributed by atoms with van der Waals surface area (Å²) in [6.45, 7) is 0. The van der Waals surface area contributed by atoms with Crippen molar-refractivity contribution < 1.29 is 43.6 Å². The van der Waals surface area contributed by atoms with Crippen LogP contribution in [0.15, 0.2) is 68.1 Å². The van der Waals surface area contributed by atoms with Crippen LogP contribution in [0.1, 0.15) is 0 Å². The maximum absolute atomic E-state index is 13.7. The van der Waals surface area contributed by atoms with Crippen molar-refractivity contribution >= 4 is 42.2 Å². The number of ether oxygens (including phenoxy) is 4. The summed E-state index contributed by atoms with van der Waals surface area (Å²) < 4.78 is 35.7. The molecule has 0 radical (unpaired) electrons. The Morgan fingerprint density at radius 3 is 1.27 bits per heavy atom. The van der Waals surface area contributed by atoms with Crippen molar-refractivity contribution in [1.29, 1.82) is 0 Å². The van der Waals surface area contributed by atoms with E-state index in [1.807, 2.05) is 0 Å². The van der Waals surface area contributed by atoms with Gasteiger partial charge in [-0.05, 0) is 80.9 Å². The molecule has 13 heteroatoms. The highest BCUT2D eigenvalue weighted by Crippen LogP contribution is 2.58. The number of benzene rings is 4. The number of rotatable bonds is 4. The topological polar surface area (TPSA) is 135 Å². The minimum absolute atomic E-state index is 0.0194. The second-order valence-corrected chi connectivity index (χ2v) is 13.6. The molecule has 41 heavy (non-hydrogen) atoms. The van der Waals surface area contributed by atoms with Gasteiger partial charge in [-0.3, -0.25) is 0 Å². The van der Waals surface area contributed by atoms with Crippen molar-refractivity contribution in [3.8, 4) is 68.2 Å². The molecule has 8 bridgehead atoms. The predicted molar refractivity (Wildman–Crippen MR) is 161 cm³/mol. The van der Waals surface area contributed by atoms with Gasteiger partial charge >= 0.3 is 0 Å². The number of phenols is 4. The SMILES string of the molecule is COc1ccc2c(O)c1-c1c(OC)ccc(c1O)SS(=O)c1ccc(OC)c(c1O)-c1c(OC)ccc(c1O)SS2. The summed E-state index contributed by atoms with van der Waals surface area (Å²) in [5.41, 5.74) is 0.527. The van der Waals surface area contributed by atoms with Crippen LogP contribution in [0.4, 0.5) is 0 Å². The quantitative estimate of drug-likeness (QED) is 0.176. The van der Waals surface area contributed by atoms with E-state index in [0.29, 0.717) is 9.79 Å². The van der Waals surface area contributed by atoms with Gasteiger partial charge in [-0.25, -0.2) is 4.21 Å². The zero-order valence-electron chi connectivity index (χ0n) is 22.1. The summed E-state index contributed by atoms with van der Waals surface area (Å²) in [6, 6.07) is 12.7. The minimum Gasteiger partial charge on any atom is -0.506 e. The summed E-state index contributed by atoms with van der Waals surface area (Å²) in [5, 5.41) is 45.8. The second kappa shape index (κ2) is 11.8. The number of fused-ring (bicyclic) bond motifs is 10. The Balaban J connectivity index is 1.85. The van der Waals surface area contributed by atoms with Crippen molar-refractivity contribution in [3.05, 3.63) is 48.5 Å². The zero-order chi connectivity index (χ0) is 29.4. The Morgan fingerprint density at radius 1 is 0.512 bits per heavy atom. The lowest BCUT2D eigenvalue weighted by molar-refractivity contribution is 0.397. The van der Waals surface area contributed by atoms with Crippen molar-refractivity contribution in [2.45, 2.75) is 19.6 Å². The largest absolute Gasteiger partial charge is 0.506 e. The summed E-state index contributed by atoms with van der Waals surface area (Å²) in [5.74, 6) is -0.117. The van der Waals surface area contributed by atoms with Gasteiger partial charge in [0.2, 0.25) is 0 Å². The van der Waals surface area contributed by atoms with E-state index in [9.17, 15) is 24.6 Å². The third kappa shape index (κ3) is 4.96. The lowest BCUT2D eigenvalue weighted by atomic mass is 10.0. The maximum Gasteiger partial charge on any atom is 0.144 e. The molecule has 0 spiro atoms. The van der Waals surface area contributed by atoms with Crippen LogP contribution in [0.5, 0.6) is 46.0 Å². The molecule has 1 aliphatic rings. The van der Waals surface area contributed by atoms with Crippen molar-refractivity contribution in [2.24, 2.45) is 0 Å². The van der Waals surface area contributed by atoms with Gasteiger partial charge in [0.05, 0.1) is 70.3 Å². The van der Waals surface area contributed by atoms with E-state index in [1.54, 1.807) is 30.3 Å².